The summed E-state index contributed by atoms with van der Waals surface area (Å²) in [6.07, 6.45) is 9.24. The van der Waals surface area contributed by atoms with Gasteiger partial charge in [0.2, 0.25) is 5.91 Å². The van der Waals surface area contributed by atoms with Crippen LogP contribution in [-0.2, 0) is 4.79 Å². The molecule has 2 fully saturated rings. The van der Waals surface area contributed by atoms with E-state index >= 15 is 0 Å². The molecule has 0 aromatic rings. The third-order valence-electron chi connectivity index (χ3n) is 4.38. The molecule has 2 aliphatic carbocycles. The zero-order chi connectivity index (χ0) is 13.0. The van der Waals surface area contributed by atoms with Crippen LogP contribution in [0.4, 0.5) is 0 Å². The normalized spacial score (nSPS) is 21.6. The maximum Gasteiger partial charge on any atom is 0.226 e. The van der Waals surface area contributed by atoms with Crippen molar-refractivity contribution in [1.29, 1.82) is 0 Å². The minimum atomic E-state index is 0. The van der Waals surface area contributed by atoms with Crippen LogP contribution in [-0.4, -0.2) is 37.0 Å². The van der Waals surface area contributed by atoms with E-state index in [1.165, 1.54) is 44.9 Å². The molecule has 0 saturated heterocycles. The van der Waals surface area contributed by atoms with Crippen molar-refractivity contribution in [1.82, 2.24) is 10.2 Å². The van der Waals surface area contributed by atoms with Gasteiger partial charge in [-0.15, -0.1) is 12.4 Å². The Bertz CT molecular complexity index is 275. The fourth-order valence-electron chi connectivity index (χ4n) is 3.13. The number of nitrogens with one attached hydrogen (secondary N) is 1. The number of carbonyl (C=O) groups excluding carboxylic acids is 1. The molecule has 1 amide bonds. The Morgan fingerprint density at radius 2 is 1.84 bits per heavy atom. The number of nitrogens with zero attached hydrogens (tertiary/aromatic N) is 1. The summed E-state index contributed by atoms with van der Waals surface area (Å²) < 4.78 is 0. The van der Waals surface area contributed by atoms with Crippen molar-refractivity contribution in [3.8, 4) is 0 Å². The van der Waals surface area contributed by atoms with E-state index < -0.39 is 0 Å². The lowest BCUT2D eigenvalue weighted by molar-refractivity contribution is -0.136. The van der Waals surface area contributed by atoms with E-state index in [1.807, 2.05) is 7.05 Å². The Morgan fingerprint density at radius 3 is 2.37 bits per heavy atom. The number of halogens is 1. The van der Waals surface area contributed by atoms with E-state index in [-0.39, 0.29) is 18.3 Å². The number of rotatable bonds is 6. The van der Waals surface area contributed by atoms with Gasteiger partial charge in [-0.25, -0.2) is 0 Å². The van der Waals surface area contributed by atoms with Gasteiger partial charge in [0.15, 0.2) is 0 Å². The Hall–Kier alpha value is -0.280. The minimum absolute atomic E-state index is 0. The maximum absolute atomic E-state index is 12.5. The molecule has 112 valence electrons. The molecule has 0 heterocycles. The summed E-state index contributed by atoms with van der Waals surface area (Å²) in [5, 5.41) is 3.12. The highest BCUT2D eigenvalue weighted by Gasteiger charge is 2.35. The van der Waals surface area contributed by atoms with Gasteiger partial charge in [-0.2, -0.15) is 0 Å². The molecule has 1 atom stereocenters. The zero-order valence-electron chi connectivity index (χ0n) is 12.4. The quantitative estimate of drug-likeness (QED) is 0.815. The van der Waals surface area contributed by atoms with Gasteiger partial charge in [-0.05, 0) is 38.6 Å². The van der Waals surface area contributed by atoms with Crippen LogP contribution in [0.3, 0.4) is 0 Å². The molecule has 1 unspecified atom stereocenters. The van der Waals surface area contributed by atoms with Crippen molar-refractivity contribution in [3.05, 3.63) is 0 Å². The molecule has 0 spiro atoms. The summed E-state index contributed by atoms with van der Waals surface area (Å²) in [6, 6.07) is 0.568. The smallest absolute Gasteiger partial charge is 0.226 e. The first-order valence-electron chi connectivity index (χ1n) is 7.67. The molecule has 0 radical (unpaired) electrons. The van der Waals surface area contributed by atoms with Crippen molar-refractivity contribution < 1.29 is 4.79 Å². The van der Waals surface area contributed by atoms with Gasteiger partial charge in [0.25, 0.3) is 0 Å². The average molecular weight is 289 g/mol. The van der Waals surface area contributed by atoms with E-state index in [9.17, 15) is 4.79 Å². The highest BCUT2D eigenvalue weighted by Crippen LogP contribution is 2.32. The highest BCUT2D eigenvalue weighted by atomic mass is 35.5. The van der Waals surface area contributed by atoms with Crippen molar-refractivity contribution in [2.24, 2.45) is 11.8 Å². The monoisotopic (exact) mass is 288 g/mol. The molecular formula is C15H29ClN2O. The van der Waals surface area contributed by atoms with Crippen LogP contribution in [0.2, 0.25) is 0 Å². The molecule has 0 aromatic carbocycles. The van der Waals surface area contributed by atoms with Gasteiger partial charge >= 0.3 is 0 Å². The summed E-state index contributed by atoms with van der Waals surface area (Å²) in [6.45, 7) is 3.87. The second-order valence-electron chi connectivity index (χ2n) is 6.18. The number of hydrogen-bond acceptors (Lipinski definition) is 2. The van der Waals surface area contributed by atoms with Gasteiger partial charge in [0.05, 0.1) is 0 Å². The fourth-order valence-corrected chi connectivity index (χ4v) is 3.13. The van der Waals surface area contributed by atoms with Gasteiger partial charge in [0, 0.05) is 25.0 Å². The second-order valence-corrected chi connectivity index (χ2v) is 6.18. The topological polar surface area (TPSA) is 32.3 Å². The number of hydrogen-bond donors (Lipinski definition) is 1. The lowest BCUT2D eigenvalue weighted by Crippen LogP contribution is -2.42. The van der Waals surface area contributed by atoms with Gasteiger partial charge in [-0.1, -0.05) is 26.2 Å². The predicted molar refractivity (Wildman–Crippen MR) is 81.6 cm³/mol. The van der Waals surface area contributed by atoms with Crippen LogP contribution >= 0.6 is 12.4 Å². The van der Waals surface area contributed by atoms with E-state index in [0.717, 1.165) is 19.0 Å². The summed E-state index contributed by atoms with van der Waals surface area (Å²) in [5.74, 6) is 1.27. The first-order chi connectivity index (χ1) is 8.72. The van der Waals surface area contributed by atoms with Crippen molar-refractivity contribution >= 4 is 18.3 Å². The first-order valence-corrected chi connectivity index (χ1v) is 7.67. The summed E-state index contributed by atoms with van der Waals surface area (Å²) in [7, 11) is 1.92. The van der Waals surface area contributed by atoms with Crippen LogP contribution in [0.1, 0.15) is 51.9 Å². The van der Waals surface area contributed by atoms with E-state index in [4.69, 9.17) is 0 Å². The maximum atomic E-state index is 12.5. The summed E-state index contributed by atoms with van der Waals surface area (Å²) >= 11 is 0. The van der Waals surface area contributed by atoms with Crippen LogP contribution in [0.25, 0.3) is 0 Å². The number of amides is 1. The molecule has 3 nitrogen and oxygen atoms in total. The molecule has 4 heteroatoms. The first kappa shape index (κ1) is 16.8. The SMILES string of the molecule is CNCC(C)C(=O)N(CC1CCCCC1)C1CC1.Cl. The van der Waals surface area contributed by atoms with Crippen LogP contribution in [0.15, 0.2) is 0 Å². The Kier molecular flexibility index (Phi) is 7.16. The van der Waals surface area contributed by atoms with E-state index in [2.05, 4.69) is 17.1 Å². The van der Waals surface area contributed by atoms with Gasteiger partial charge in [-0.3, -0.25) is 4.79 Å². The van der Waals surface area contributed by atoms with Crippen molar-refractivity contribution in [2.75, 3.05) is 20.1 Å². The third kappa shape index (κ3) is 4.96. The van der Waals surface area contributed by atoms with E-state index in [0.29, 0.717) is 11.9 Å². The molecule has 1 N–H and O–H groups in total. The van der Waals surface area contributed by atoms with Crippen LogP contribution in [0.5, 0.6) is 0 Å². The molecule has 0 bridgehead atoms. The Labute approximate surface area is 123 Å². The van der Waals surface area contributed by atoms with Crippen LogP contribution < -0.4 is 5.32 Å². The Balaban J connectivity index is 0.00000180. The van der Waals surface area contributed by atoms with Crippen molar-refractivity contribution in [3.63, 3.8) is 0 Å². The predicted octanol–water partition coefficient (Wildman–Crippen LogP) is 2.84. The molecule has 0 aromatic heterocycles. The molecule has 0 aliphatic heterocycles. The lowest BCUT2D eigenvalue weighted by Gasteiger charge is -2.31. The van der Waals surface area contributed by atoms with Crippen LogP contribution in [0, 0.1) is 11.8 Å². The number of carbonyl (C=O) groups is 1. The van der Waals surface area contributed by atoms with Crippen molar-refractivity contribution in [2.45, 2.75) is 57.9 Å². The molecular weight excluding hydrogens is 260 g/mol. The molecule has 2 saturated carbocycles. The summed E-state index contributed by atoms with van der Waals surface area (Å²) in [4.78, 5) is 14.7. The lowest BCUT2D eigenvalue weighted by atomic mass is 9.88. The average Bonchev–Trinajstić information content (AvgIpc) is 3.21. The standard InChI is InChI=1S/C15H28N2O.ClH/c1-12(10-16-2)15(18)17(14-8-9-14)11-13-6-4-3-5-7-13;/h12-14,16H,3-11H2,1-2H3;1H. The highest BCUT2D eigenvalue weighted by molar-refractivity contribution is 5.85. The zero-order valence-corrected chi connectivity index (χ0v) is 13.2. The van der Waals surface area contributed by atoms with Gasteiger partial charge in [0.1, 0.15) is 0 Å². The molecule has 2 aliphatic rings. The second kappa shape index (κ2) is 8.11. The minimum Gasteiger partial charge on any atom is -0.339 e. The van der Waals surface area contributed by atoms with E-state index in [1.54, 1.807) is 0 Å². The largest absolute Gasteiger partial charge is 0.339 e. The third-order valence-corrected chi connectivity index (χ3v) is 4.38. The summed E-state index contributed by atoms with van der Waals surface area (Å²) in [5.41, 5.74) is 0. The Morgan fingerprint density at radius 1 is 1.21 bits per heavy atom. The fraction of sp³-hybridized carbons (Fsp3) is 0.933. The molecule has 2 rings (SSSR count). The molecule has 19 heavy (non-hydrogen) atoms. The van der Waals surface area contributed by atoms with Gasteiger partial charge < -0.3 is 10.2 Å².